The van der Waals surface area contributed by atoms with Gasteiger partial charge in [0.2, 0.25) is 10.0 Å². The Morgan fingerprint density at radius 2 is 1.73 bits per heavy atom. The molecule has 0 bridgehead atoms. The number of hydrogen-bond donors (Lipinski definition) is 0. The van der Waals surface area contributed by atoms with Crippen LogP contribution in [0.4, 0.5) is 0 Å². The molecule has 1 fully saturated rings. The van der Waals surface area contributed by atoms with Gasteiger partial charge in [-0.3, -0.25) is 0 Å². The van der Waals surface area contributed by atoms with Gasteiger partial charge in [0.1, 0.15) is 4.90 Å². The van der Waals surface area contributed by atoms with Gasteiger partial charge in [0, 0.05) is 13.1 Å². The van der Waals surface area contributed by atoms with E-state index in [4.69, 9.17) is 16.3 Å². The average Bonchev–Trinajstić information content (AvgIpc) is 2.56. The van der Waals surface area contributed by atoms with Crippen molar-refractivity contribution in [1.29, 1.82) is 0 Å². The lowest BCUT2D eigenvalue weighted by Gasteiger charge is -2.32. The molecule has 1 atom stereocenters. The summed E-state index contributed by atoms with van der Waals surface area (Å²) in [5.41, 5.74) is 0.974. The maximum Gasteiger partial charge on any atom is 0.244 e. The molecule has 22 heavy (non-hydrogen) atoms. The van der Waals surface area contributed by atoms with Crippen LogP contribution in [0.3, 0.4) is 0 Å². The molecule has 0 amide bonds. The Morgan fingerprint density at radius 3 is 2.45 bits per heavy atom. The summed E-state index contributed by atoms with van der Waals surface area (Å²) in [7, 11) is -3.61. The van der Waals surface area contributed by atoms with E-state index in [9.17, 15) is 8.42 Å². The second-order valence-electron chi connectivity index (χ2n) is 5.06. The van der Waals surface area contributed by atoms with Crippen molar-refractivity contribution in [3.8, 4) is 0 Å². The molecule has 1 saturated heterocycles. The number of morpholine rings is 1. The van der Waals surface area contributed by atoms with Crippen LogP contribution in [-0.2, 0) is 14.8 Å². The molecule has 2 aromatic carbocycles. The van der Waals surface area contributed by atoms with Gasteiger partial charge in [0.05, 0.1) is 17.7 Å². The SMILES string of the molecule is O=S(=O)(c1ccccc1Cl)N1CCO[C@@H](c2ccccc2)C1. The minimum Gasteiger partial charge on any atom is -0.371 e. The normalized spacial score (nSPS) is 20.0. The fourth-order valence-corrected chi connectivity index (χ4v) is 4.42. The lowest BCUT2D eigenvalue weighted by Crippen LogP contribution is -2.42. The highest BCUT2D eigenvalue weighted by atomic mass is 35.5. The Morgan fingerprint density at radius 1 is 1.05 bits per heavy atom. The average molecular weight is 338 g/mol. The first-order valence-corrected chi connectivity index (χ1v) is 8.82. The lowest BCUT2D eigenvalue weighted by atomic mass is 10.1. The topological polar surface area (TPSA) is 46.6 Å². The largest absolute Gasteiger partial charge is 0.371 e. The van der Waals surface area contributed by atoms with E-state index < -0.39 is 10.0 Å². The minimum atomic E-state index is -3.61. The van der Waals surface area contributed by atoms with E-state index in [0.29, 0.717) is 13.2 Å². The fourth-order valence-electron chi connectivity index (χ4n) is 2.51. The summed E-state index contributed by atoms with van der Waals surface area (Å²) < 4.78 is 32.7. The molecular weight excluding hydrogens is 322 g/mol. The fraction of sp³-hybridized carbons (Fsp3) is 0.250. The number of halogens is 1. The Bertz CT molecular complexity index is 749. The summed E-state index contributed by atoms with van der Waals surface area (Å²) >= 11 is 6.04. The monoisotopic (exact) mass is 337 g/mol. The van der Waals surface area contributed by atoms with Crippen molar-refractivity contribution in [1.82, 2.24) is 4.31 Å². The summed E-state index contributed by atoms with van der Waals surface area (Å²) in [6, 6.07) is 16.1. The van der Waals surface area contributed by atoms with Gasteiger partial charge < -0.3 is 4.74 Å². The molecule has 0 spiro atoms. The van der Waals surface area contributed by atoms with Crippen LogP contribution < -0.4 is 0 Å². The third-order valence-electron chi connectivity index (χ3n) is 3.66. The highest BCUT2D eigenvalue weighted by Crippen LogP contribution is 2.29. The van der Waals surface area contributed by atoms with Crippen LogP contribution in [0.15, 0.2) is 59.5 Å². The minimum absolute atomic E-state index is 0.144. The van der Waals surface area contributed by atoms with E-state index in [0.717, 1.165) is 5.56 Å². The summed E-state index contributed by atoms with van der Waals surface area (Å²) in [5.74, 6) is 0. The smallest absolute Gasteiger partial charge is 0.244 e. The van der Waals surface area contributed by atoms with Crippen molar-refractivity contribution in [2.24, 2.45) is 0 Å². The molecule has 0 unspecified atom stereocenters. The molecule has 0 N–H and O–H groups in total. The molecule has 0 aromatic heterocycles. The number of nitrogens with zero attached hydrogens (tertiary/aromatic N) is 1. The third-order valence-corrected chi connectivity index (χ3v) is 6.02. The van der Waals surface area contributed by atoms with Crippen molar-refractivity contribution < 1.29 is 13.2 Å². The summed E-state index contributed by atoms with van der Waals surface area (Å²) in [6.45, 7) is 0.984. The molecule has 3 rings (SSSR count). The predicted molar refractivity (Wildman–Crippen MR) is 85.3 cm³/mol. The van der Waals surface area contributed by atoms with Gasteiger partial charge >= 0.3 is 0 Å². The number of ether oxygens (including phenoxy) is 1. The molecule has 0 radical (unpaired) electrons. The molecule has 4 nitrogen and oxygen atoms in total. The van der Waals surface area contributed by atoms with E-state index in [1.165, 1.54) is 10.4 Å². The van der Waals surface area contributed by atoms with Gasteiger partial charge in [-0.1, -0.05) is 54.1 Å². The molecule has 1 heterocycles. The molecule has 116 valence electrons. The third kappa shape index (κ3) is 3.03. The van der Waals surface area contributed by atoms with Crippen molar-refractivity contribution in [3.63, 3.8) is 0 Å². The first-order chi connectivity index (χ1) is 10.6. The summed E-state index contributed by atoms with van der Waals surface area (Å²) in [5, 5.41) is 0.241. The molecule has 2 aromatic rings. The predicted octanol–water partition coefficient (Wildman–Crippen LogP) is 3.10. The zero-order valence-electron chi connectivity index (χ0n) is 11.9. The summed E-state index contributed by atoms with van der Waals surface area (Å²) in [6.07, 6.45) is -0.257. The van der Waals surface area contributed by atoms with Crippen LogP contribution in [0.1, 0.15) is 11.7 Å². The van der Waals surface area contributed by atoms with Crippen LogP contribution in [0.2, 0.25) is 5.02 Å². The maximum atomic E-state index is 12.8. The van der Waals surface area contributed by atoms with Gasteiger partial charge in [0.25, 0.3) is 0 Å². The van der Waals surface area contributed by atoms with Crippen LogP contribution >= 0.6 is 11.6 Å². The van der Waals surface area contributed by atoms with Crippen LogP contribution in [0.25, 0.3) is 0 Å². The Balaban J connectivity index is 1.87. The molecule has 0 saturated carbocycles. The number of sulfonamides is 1. The van der Waals surface area contributed by atoms with Crippen molar-refractivity contribution in [2.45, 2.75) is 11.0 Å². The molecule has 0 aliphatic carbocycles. The van der Waals surface area contributed by atoms with Crippen molar-refractivity contribution >= 4 is 21.6 Å². The second kappa shape index (κ2) is 6.38. The van der Waals surface area contributed by atoms with Gasteiger partial charge in [-0.05, 0) is 17.7 Å². The van der Waals surface area contributed by atoms with Gasteiger partial charge in [-0.15, -0.1) is 0 Å². The maximum absolute atomic E-state index is 12.8. The quantitative estimate of drug-likeness (QED) is 0.864. The van der Waals surface area contributed by atoms with Gasteiger partial charge in [-0.25, -0.2) is 8.42 Å². The van der Waals surface area contributed by atoms with Gasteiger partial charge in [0.15, 0.2) is 0 Å². The Kier molecular flexibility index (Phi) is 4.49. The highest BCUT2D eigenvalue weighted by molar-refractivity contribution is 7.89. The second-order valence-corrected chi connectivity index (χ2v) is 7.38. The van der Waals surface area contributed by atoms with E-state index in [1.54, 1.807) is 18.2 Å². The zero-order chi connectivity index (χ0) is 15.6. The molecule has 1 aliphatic rings. The van der Waals surface area contributed by atoms with Crippen molar-refractivity contribution in [2.75, 3.05) is 19.7 Å². The molecular formula is C16H16ClNO3S. The summed E-state index contributed by atoms with van der Waals surface area (Å²) in [4.78, 5) is 0.144. The van der Waals surface area contributed by atoms with E-state index in [-0.39, 0.29) is 22.6 Å². The highest BCUT2D eigenvalue weighted by Gasteiger charge is 2.32. The van der Waals surface area contributed by atoms with E-state index in [1.807, 2.05) is 30.3 Å². The van der Waals surface area contributed by atoms with Crippen LogP contribution in [0.5, 0.6) is 0 Å². The Labute approximate surface area is 135 Å². The van der Waals surface area contributed by atoms with Crippen LogP contribution in [-0.4, -0.2) is 32.4 Å². The number of hydrogen-bond acceptors (Lipinski definition) is 3. The first-order valence-electron chi connectivity index (χ1n) is 7.00. The molecule has 6 heteroatoms. The number of benzene rings is 2. The first kappa shape index (κ1) is 15.5. The van der Waals surface area contributed by atoms with E-state index in [2.05, 4.69) is 0 Å². The lowest BCUT2D eigenvalue weighted by molar-refractivity contribution is -0.00255. The Hall–Kier alpha value is -1.40. The number of rotatable bonds is 3. The van der Waals surface area contributed by atoms with Gasteiger partial charge in [-0.2, -0.15) is 4.31 Å². The standard InChI is InChI=1S/C16H16ClNO3S/c17-14-8-4-5-9-16(14)22(19,20)18-10-11-21-15(12-18)13-6-2-1-3-7-13/h1-9,15H,10-12H2/t15-/m1/s1. The van der Waals surface area contributed by atoms with E-state index >= 15 is 0 Å². The zero-order valence-corrected chi connectivity index (χ0v) is 13.4. The molecule has 1 aliphatic heterocycles. The van der Waals surface area contributed by atoms with Crippen molar-refractivity contribution in [3.05, 3.63) is 65.2 Å². The van der Waals surface area contributed by atoms with Crippen LogP contribution in [0, 0.1) is 0 Å².